The normalized spacial score (nSPS) is 11.0. The van der Waals surface area contributed by atoms with Gasteiger partial charge in [0.2, 0.25) is 0 Å². The molecule has 0 aliphatic carbocycles. The van der Waals surface area contributed by atoms with Crippen LogP contribution in [-0.2, 0) is 6.54 Å². The van der Waals surface area contributed by atoms with Crippen LogP contribution in [0.5, 0.6) is 0 Å². The van der Waals surface area contributed by atoms with Gasteiger partial charge in [-0.3, -0.25) is 0 Å². The van der Waals surface area contributed by atoms with Crippen LogP contribution in [0, 0.1) is 5.82 Å². The van der Waals surface area contributed by atoms with Gasteiger partial charge in [0.25, 0.3) is 0 Å². The lowest BCUT2D eigenvalue weighted by Gasteiger charge is -2.10. The first-order valence-corrected chi connectivity index (χ1v) is 7.19. The zero-order chi connectivity index (χ0) is 14.8. The molecule has 3 aromatic rings. The number of nitrogens with one attached hydrogen (secondary N) is 1. The van der Waals surface area contributed by atoms with Crippen molar-refractivity contribution in [1.82, 2.24) is 5.32 Å². The molecule has 0 aliphatic rings. The van der Waals surface area contributed by atoms with Crippen LogP contribution < -0.4 is 5.32 Å². The second kappa shape index (κ2) is 5.84. The average molecular weight is 300 g/mol. The molecule has 0 aliphatic heterocycles. The molecule has 21 heavy (non-hydrogen) atoms. The summed E-state index contributed by atoms with van der Waals surface area (Å²) < 4.78 is 14.4. The Kier molecular flexibility index (Phi) is 3.91. The molecule has 0 saturated carbocycles. The molecule has 0 bridgehead atoms. The average Bonchev–Trinajstić information content (AvgIpc) is 2.49. The van der Waals surface area contributed by atoms with E-state index in [1.807, 2.05) is 55.6 Å². The maximum Gasteiger partial charge on any atom is 0.131 e. The minimum absolute atomic E-state index is 0.213. The van der Waals surface area contributed by atoms with Crippen molar-refractivity contribution in [1.29, 1.82) is 0 Å². The van der Waals surface area contributed by atoms with Crippen LogP contribution >= 0.6 is 11.6 Å². The summed E-state index contributed by atoms with van der Waals surface area (Å²) in [7, 11) is 1.85. The summed E-state index contributed by atoms with van der Waals surface area (Å²) in [6.45, 7) is 0.651. The van der Waals surface area contributed by atoms with E-state index >= 15 is 0 Å². The van der Waals surface area contributed by atoms with Gasteiger partial charge in [0.1, 0.15) is 5.82 Å². The van der Waals surface area contributed by atoms with Crippen LogP contribution in [0.1, 0.15) is 5.56 Å². The summed E-state index contributed by atoms with van der Waals surface area (Å²) in [4.78, 5) is 0. The van der Waals surface area contributed by atoms with Crippen LogP contribution in [0.25, 0.3) is 21.9 Å². The fourth-order valence-corrected chi connectivity index (χ4v) is 2.82. The molecule has 3 rings (SSSR count). The van der Waals surface area contributed by atoms with Crippen LogP contribution in [0.4, 0.5) is 4.39 Å². The minimum atomic E-state index is -0.213. The van der Waals surface area contributed by atoms with Gasteiger partial charge >= 0.3 is 0 Å². The van der Waals surface area contributed by atoms with E-state index in [4.69, 9.17) is 11.6 Å². The standard InChI is InChI=1S/C18H15ClFN/c1-21-11-12-6-7-16(18(20)10-12)14-8-9-17(19)15-5-3-2-4-13(14)15/h2-10,21H,11H2,1H3. The Morgan fingerprint density at radius 2 is 1.67 bits per heavy atom. The van der Waals surface area contributed by atoms with Crippen molar-refractivity contribution in [3.05, 3.63) is 71.0 Å². The molecule has 0 spiro atoms. The molecule has 0 saturated heterocycles. The maximum absolute atomic E-state index is 14.4. The van der Waals surface area contributed by atoms with E-state index in [0.717, 1.165) is 21.9 Å². The van der Waals surface area contributed by atoms with Gasteiger partial charge in [-0.2, -0.15) is 0 Å². The highest BCUT2D eigenvalue weighted by Gasteiger charge is 2.11. The zero-order valence-corrected chi connectivity index (χ0v) is 12.4. The number of hydrogen-bond acceptors (Lipinski definition) is 1. The Morgan fingerprint density at radius 3 is 2.38 bits per heavy atom. The van der Waals surface area contributed by atoms with E-state index in [0.29, 0.717) is 17.1 Å². The lowest BCUT2D eigenvalue weighted by Crippen LogP contribution is -2.05. The summed E-state index contributed by atoms with van der Waals surface area (Å²) in [5, 5.41) is 5.61. The summed E-state index contributed by atoms with van der Waals surface area (Å²) in [6.07, 6.45) is 0. The Bertz CT molecular complexity index is 798. The minimum Gasteiger partial charge on any atom is -0.316 e. The topological polar surface area (TPSA) is 12.0 Å². The molecule has 0 atom stereocenters. The van der Waals surface area contributed by atoms with E-state index in [1.54, 1.807) is 6.07 Å². The molecule has 0 radical (unpaired) electrons. The number of halogens is 2. The van der Waals surface area contributed by atoms with Crippen molar-refractivity contribution in [2.45, 2.75) is 6.54 Å². The Balaban J connectivity index is 2.19. The fraction of sp³-hybridized carbons (Fsp3) is 0.111. The van der Waals surface area contributed by atoms with Crippen LogP contribution in [-0.4, -0.2) is 7.05 Å². The Labute approximate surface area is 128 Å². The first-order valence-electron chi connectivity index (χ1n) is 6.81. The van der Waals surface area contributed by atoms with Crippen molar-refractivity contribution in [3.63, 3.8) is 0 Å². The third-order valence-corrected chi connectivity index (χ3v) is 3.91. The first-order chi connectivity index (χ1) is 10.2. The van der Waals surface area contributed by atoms with Gasteiger partial charge < -0.3 is 5.32 Å². The van der Waals surface area contributed by atoms with E-state index in [1.165, 1.54) is 0 Å². The predicted octanol–water partition coefficient (Wildman–Crippen LogP) is 5.02. The maximum atomic E-state index is 14.4. The lowest BCUT2D eigenvalue weighted by atomic mass is 9.97. The number of benzene rings is 3. The molecule has 0 unspecified atom stereocenters. The number of rotatable bonds is 3. The molecular formula is C18H15ClFN. The largest absolute Gasteiger partial charge is 0.316 e. The fourth-order valence-electron chi connectivity index (χ4n) is 2.59. The molecule has 1 nitrogen and oxygen atoms in total. The van der Waals surface area contributed by atoms with Gasteiger partial charge in [0.15, 0.2) is 0 Å². The summed E-state index contributed by atoms with van der Waals surface area (Å²) >= 11 is 6.22. The molecule has 0 aromatic heterocycles. The lowest BCUT2D eigenvalue weighted by molar-refractivity contribution is 0.627. The Hall–Kier alpha value is -1.90. The SMILES string of the molecule is CNCc1ccc(-c2ccc(Cl)c3ccccc23)c(F)c1. The summed E-state index contributed by atoms with van der Waals surface area (Å²) in [5.74, 6) is -0.213. The molecule has 1 N–H and O–H groups in total. The molecule has 106 valence electrons. The third-order valence-electron chi connectivity index (χ3n) is 3.58. The van der Waals surface area contributed by atoms with Crippen molar-refractivity contribution in [2.75, 3.05) is 7.05 Å². The predicted molar refractivity (Wildman–Crippen MR) is 87.1 cm³/mol. The van der Waals surface area contributed by atoms with E-state index in [-0.39, 0.29) is 5.82 Å². The van der Waals surface area contributed by atoms with E-state index < -0.39 is 0 Å². The molecule has 0 amide bonds. The Morgan fingerprint density at radius 1 is 0.952 bits per heavy atom. The van der Waals surface area contributed by atoms with E-state index in [9.17, 15) is 4.39 Å². The first kappa shape index (κ1) is 14.1. The molecular weight excluding hydrogens is 285 g/mol. The second-order valence-corrected chi connectivity index (χ2v) is 5.39. The van der Waals surface area contributed by atoms with E-state index in [2.05, 4.69) is 5.32 Å². The highest BCUT2D eigenvalue weighted by Crippen LogP contribution is 2.34. The van der Waals surface area contributed by atoms with Crippen molar-refractivity contribution >= 4 is 22.4 Å². The molecule has 3 aromatic carbocycles. The van der Waals surface area contributed by atoms with Gasteiger partial charge in [-0.15, -0.1) is 0 Å². The second-order valence-electron chi connectivity index (χ2n) is 4.99. The van der Waals surface area contributed by atoms with Crippen LogP contribution in [0.3, 0.4) is 0 Å². The third kappa shape index (κ3) is 2.65. The highest BCUT2D eigenvalue weighted by atomic mass is 35.5. The zero-order valence-electron chi connectivity index (χ0n) is 11.7. The number of fused-ring (bicyclic) bond motifs is 1. The van der Waals surface area contributed by atoms with Crippen molar-refractivity contribution < 1.29 is 4.39 Å². The van der Waals surface area contributed by atoms with Crippen molar-refractivity contribution in [2.24, 2.45) is 0 Å². The molecule has 0 fully saturated rings. The smallest absolute Gasteiger partial charge is 0.131 e. The monoisotopic (exact) mass is 299 g/mol. The summed E-state index contributed by atoms with van der Waals surface area (Å²) in [5.41, 5.74) is 2.39. The summed E-state index contributed by atoms with van der Waals surface area (Å²) in [6, 6.07) is 16.8. The van der Waals surface area contributed by atoms with Gasteiger partial charge in [0, 0.05) is 22.5 Å². The van der Waals surface area contributed by atoms with Gasteiger partial charge in [-0.05, 0) is 35.7 Å². The van der Waals surface area contributed by atoms with Crippen molar-refractivity contribution in [3.8, 4) is 11.1 Å². The van der Waals surface area contributed by atoms with Gasteiger partial charge in [0.05, 0.1) is 0 Å². The van der Waals surface area contributed by atoms with Crippen LogP contribution in [0.2, 0.25) is 5.02 Å². The quantitative estimate of drug-likeness (QED) is 0.716. The number of hydrogen-bond donors (Lipinski definition) is 1. The van der Waals surface area contributed by atoms with Gasteiger partial charge in [-0.1, -0.05) is 54.1 Å². The van der Waals surface area contributed by atoms with Crippen LogP contribution in [0.15, 0.2) is 54.6 Å². The highest BCUT2D eigenvalue weighted by molar-refractivity contribution is 6.36. The molecule has 0 heterocycles. The van der Waals surface area contributed by atoms with Gasteiger partial charge in [-0.25, -0.2) is 4.39 Å². The molecule has 3 heteroatoms.